The molecule has 0 spiro atoms. The Bertz CT molecular complexity index is 1040. The van der Waals surface area contributed by atoms with Crippen LogP contribution in [0.5, 0.6) is 5.75 Å². The number of aromatic amines is 1. The van der Waals surface area contributed by atoms with E-state index in [1.54, 1.807) is 26.4 Å². The Morgan fingerprint density at radius 1 is 1.19 bits per heavy atom. The number of amides is 1. The monoisotopic (exact) mass is 365 g/mol. The van der Waals surface area contributed by atoms with Crippen LogP contribution < -0.4 is 10.3 Å². The maximum atomic E-state index is 12.7. The second-order valence-electron chi connectivity index (χ2n) is 7.09. The van der Waals surface area contributed by atoms with Crippen molar-refractivity contribution in [1.29, 1.82) is 0 Å². The van der Waals surface area contributed by atoms with Crippen molar-refractivity contribution in [1.82, 2.24) is 14.5 Å². The van der Waals surface area contributed by atoms with Crippen molar-refractivity contribution >= 4 is 16.8 Å². The summed E-state index contributed by atoms with van der Waals surface area (Å²) in [5.74, 6) is 1.25. The minimum Gasteiger partial charge on any atom is -0.497 e. The van der Waals surface area contributed by atoms with E-state index >= 15 is 0 Å². The molecule has 0 aliphatic carbocycles. The number of nitrogens with zero attached hydrogens (tertiary/aromatic N) is 2. The molecule has 1 aliphatic rings. The lowest BCUT2D eigenvalue weighted by atomic mass is 9.89. The summed E-state index contributed by atoms with van der Waals surface area (Å²) >= 11 is 0. The fourth-order valence-electron chi connectivity index (χ4n) is 3.88. The van der Waals surface area contributed by atoms with Gasteiger partial charge in [-0.2, -0.15) is 0 Å². The van der Waals surface area contributed by atoms with Crippen LogP contribution in [0.4, 0.5) is 0 Å². The van der Waals surface area contributed by atoms with Gasteiger partial charge in [0.1, 0.15) is 5.75 Å². The Balaban J connectivity index is 1.49. The van der Waals surface area contributed by atoms with Gasteiger partial charge in [0, 0.05) is 49.5 Å². The first kappa shape index (κ1) is 17.4. The summed E-state index contributed by atoms with van der Waals surface area (Å²) in [6.45, 7) is 1.42. The average Bonchev–Trinajstić information content (AvgIpc) is 3.12. The van der Waals surface area contributed by atoms with Gasteiger partial charge in [-0.3, -0.25) is 9.59 Å². The van der Waals surface area contributed by atoms with Gasteiger partial charge in [-0.1, -0.05) is 0 Å². The predicted molar refractivity (Wildman–Crippen MR) is 104 cm³/mol. The number of H-pyrrole nitrogens is 1. The lowest BCUT2D eigenvalue weighted by Gasteiger charge is -2.32. The molecule has 1 fully saturated rings. The quantitative estimate of drug-likeness (QED) is 0.776. The first-order chi connectivity index (χ1) is 13.1. The summed E-state index contributed by atoms with van der Waals surface area (Å²) < 4.78 is 6.80. The molecule has 0 unspecified atom stereocenters. The lowest BCUT2D eigenvalue weighted by Crippen LogP contribution is -2.38. The molecular formula is C21H23N3O3. The van der Waals surface area contributed by atoms with E-state index < -0.39 is 0 Å². The van der Waals surface area contributed by atoms with Crippen LogP contribution in [0.15, 0.2) is 47.5 Å². The van der Waals surface area contributed by atoms with Gasteiger partial charge in [0.2, 0.25) is 5.56 Å². The zero-order chi connectivity index (χ0) is 19.0. The molecule has 140 valence electrons. The Hall–Kier alpha value is -3.02. The number of benzene rings is 1. The number of fused-ring (bicyclic) bond motifs is 1. The molecule has 4 rings (SSSR count). The standard InChI is InChI=1S/C21H23N3O3/c1-23-13-15(3-6-20(23)25)21(26)24-9-7-14(8-10-24)18-12-22-19-5-4-16(27-2)11-17(18)19/h3-6,11-14,22H,7-10H2,1-2H3. The Kier molecular flexibility index (Phi) is 4.48. The number of aryl methyl sites for hydroxylation is 1. The van der Waals surface area contributed by atoms with Crippen LogP contribution >= 0.6 is 0 Å². The SMILES string of the molecule is COc1ccc2[nH]cc(C3CCN(C(=O)c4ccc(=O)n(C)c4)CC3)c2c1. The van der Waals surface area contributed by atoms with Crippen LogP contribution in [-0.2, 0) is 7.05 Å². The molecule has 0 radical (unpaired) electrons. The van der Waals surface area contributed by atoms with Crippen molar-refractivity contribution in [2.75, 3.05) is 20.2 Å². The van der Waals surface area contributed by atoms with Gasteiger partial charge in [0.25, 0.3) is 5.91 Å². The normalized spacial score (nSPS) is 15.3. The van der Waals surface area contributed by atoms with Gasteiger partial charge < -0.3 is 19.2 Å². The van der Waals surface area contributed by atoms with E-state index in [0.717, 1.165) is 24.1 Å². The van der Waals surface area contributed by atoms with Gasteiger partial charge in [0.15, 0.2) is 0 Å². The van der Waals surface area contributed by atoms with Crippen LogP contribution in [0, 0.1) is 0 Å². The summed E-state index contributed by atoms with van der Waals surface area (Å²) in [7, 11) is 3.34. The number of ether oxygens (including phenoxy) is 1. The largest absolute Gasteiger partial charge is 0.497 e. The second kappa shape index (κ2) is 6.95. The number of pyridine rings is 1. The molecular weight excluding hydrogens is 342 g/mol. The van der Waals surface area contributed by atoms with Gasteiger partial charge in [-0.25, -0.2) is 0 Å². The molecule has 1 saturated heterocycles. The molecule has 3 heterocycles. The van der Waals surface area contributed by atoms with E-state index in [2.05, 4.69) is 17.2 Å². The number of carbonyl (C=O) groups excluding carboxylic acids is 1. The van der Waals surface area contributed by atoms with Gasteiger partial charge in [-0.05, 0) is 48.6 Å². The highest BCUT2D eigenvalue weighted by molar-refractivity contribution is 5.94. The van der Waals surface area contributed by atoms with Crippen molar-refractivity contribution in [3.63, 3.8) is 0 Å². The van der Waals surface area contributed by atoms with E-state index in [9.17, 15) is 9.59 Å². The van der Waals surface area contributed by atoms with Crippen molar-refractivity contribution < 1.29 is 9.53 Å². The number of carbonyl (C=O) groups is 1. The molecule has 1 N–H and O–H groups in total. The molecule has 27 heavy (non-hydrogen) atoms. The molecule has 1 aromatic carbocycles. The summed E-state index contributed by atoms with van der Waals surface area (Å²) in [4.78, 5) is 29.5. The third-order valence-electron chi connectivity index (χ3n) is 5.48. The van der Waals surface area contributed by atoms with E-state index in [4.69, 9.17) is 4.74 Å². The smallest absolute Gasteiger partial charge is 0.255 e. The summed E-state index contributed by atoms with van der Waals surface area (Å²) in [6, 6.07) is 9.12. The third kappa shape index (κ3) is 3.23. The molecule has 0 atom stereocenters. The summed E-state index contributed by atoms with van der Waals surface area (Å²) in [6.07, 6.45) is 5.53. The number of rotatable bonds is 3. The molecule has 1 amide bonds. The highest BCUT2D eigenvalue weighted by atomic mass is 16.5. The first-order valence-electron chi connectivity index (χ1n) is 9.18. The summed E-state index contributed by atoms with van der Waals surface area (Å²) in [5.41, 5.74) is 2.85. The molecule has 2 aromatic heterocycles. The van der Waals surface area contributed by atoms with Crippen molar-refractivity contribution in [3.05, 3.63) is 64.2 Å². The Morgan fingerprint density at radius 3 is 2.67 bits per heavy atom. The minimum absolute atomic E-state index is 0.00959. The lowest BCUT2D eigenvalue weighted by molar-refractivity contribution is 0.0712. The Morgan fingerprint density at radius 2 is 1.96 bits per heavy atom. The van der Waals surface area contributed by atoms with E-state index in [0.29, 0.717) is 24.6 Å². The maximum Gasteiger partial charge on any atom is 0.255 e. The molecule has 6 heteroatoms. The topological polar surface area (TPSA) is 67.3 Å². The van der Waals surface area contributed by atoms with Crippen molar-refractivity contribution in [2.45, 2.75) is 18.8 Å². The van der Waals surface area contributed by atoms with Crippen molar-refractivity contribution in [2.24, 2.45) is 7.05 Å². The molecule has 6 nitrogen and oxygen atoms in total. The van der Waals surface area contributed by atoms with E-state index in [1.807, 2.05) is 17.0 Å². The molecule has 3 aromatic rings. The van der Waals surface area contributed by atoms with E-state index in [1.165, 1.54) is 21.6 Å². The first-order valence-corrected chi connectivity index (χ1v) is 9.18. The number of hydrogen-bond acceptors (Lipinski definition) is 3. The number of piperidine rings is 1. The van der Waals surface area contributed by atoms with Gasteiger partial charge in [0.05, 0.1) is 12.7 Å². The van der Waals surface area contributed by atoms with Gasteiger partial charge in [-0.15, -0.1) is 0 Å². The average molecular weight is 365 g/mol. The van der Waals surface area contributed by atoms with Crippen LogP contribution in [0.1, 0.15) is 34.7 Å². The molecule has 0 bridgehead atoms. The number of hydrogen-bond donors (Lipinski definition) is 1. The number of methoxy groups -OCH3 is 1. The van der Waals surface area contributed by atoms with Crippen molar-refractivity contribution in [3.8, 4) is 5.75 Å². The number of aromatic nitrogens is 2. The van der Waals surface area contributed by atoms with Crippen LogP contribution in [0.3, 0.4) is 0 Å². The van der Waals surface area contributed by atoms with Gasteiger partial charge >= 0.3 is 0 Å². The second-order valence-corrected chi connectivity index (χ2v) is 7.09. The zero-order valence-electron chi connectivity index (χ0n) is 15.6. The summed E-state index contributed by atoms with van der Waals surface area (Å²) in [5, 5.41) is 1.19. The maximum absolute atomic E-state index is 12.7. The third-order valence-corrected chi connectivity index (χ3v) is 5.48. The number of likely N-dealkylation sites (tertiary alicyclic amines) is 1. The molecule has 1 aliphatic heterocycles. The van der Waals surface area contributed by atoms with Crippen LogP contribution in [-0.4, -0.2) is 40.6 Å². The highest BCUT2D eigenvalue weighted by Crippen LogP contribution is 2.34. The zero-order valence-corrected chi connectivity index (χ0v) is 15.6. The highest BCUT2D eigenvalue weighted by Gasteiger charge is 2.26. The van der Waals surface area contributed by atoms with E-state index in [-0.39, 0.29) is 11.5 Å². The fraction of sp³-hybridized carbons (Fsp3) is 0.333. The fourth-order valence-corrected chi connectivity index (χ4v) is 3.88. The number of nitrogens with one attached hydrogen (secondary N) is 1. The predicted octanol–water partition coefficient (Wildman–Crippen LogP) is 2.90. The van der Waals surface area contributed by atoms with Crippen LogP contribution in [0.2, 0.25) is 0 Å². The Labute approximate surface area is 157 Å². The molecule has 0 saturated carbocycles. The minimum atomic E-state index is -0.111. The van der Waals surface area contributed by atoms with Crippen LogP contribution in [0.25, 0.3) is 10.9 Å².